The van der Waals surface area contributed by atoms with Gasteiger partial charge in [-0.2, -0.15) is 4.31 Å². The summed E-state index contributed by atoms with van der Waals surface area (Å²) in [6, 6.07) is 7.02. The van der Waals surface area contributed by atoms with Crippen molar-refractivity contribution in [1.29, 1.82) is 0 Å². The molecule has 3 aliphatic rings. The van der Waals surface area contributed by atoms with Crippen molar-refractivity contribution in [3.63, 3.8) is 0 Å². The van der Waals surface area contributed by atoms with E-state index < -0.39 is 10.0 Å². The number of rotatable bonds is 4. The van der Waals surface area contributed by atoms with E-state index in [9.17, 15) is 13.2 Å². The third-order valence-electron chi connectivity index (χ3n) is 6.22. The van der Waals surface area contributed by atoms with Crippen LogP contribution in [0.1, 0.15) is 26.2 Å². The summed E-state index contributed by atoms with van der Waals surface area (Å²) in [5.41, 5.74) is 0.507. The number of nitrogens with one attached hydrogen (secondary N) is 1. The van der Waals surface area contributed by atoms with E-state index in [1.165, 1.54) is 10.7 Å². The van der Waals surface area contributed by atoms with E-state index in [0.29, 0.717) is 38.0 Å². The van der Waals surface area contributed by atoms with Crippen molar-refractivity contribution in [2.45, 2.75) is 43.2 Å². The Hall–Kier alpha value is -1.68. The maximum atomic E-state index is 13.0. The molecular weight excluding hydrogens is 392 g/mol. The predicted molar refractivity (Wildman–Crippen MR) is 110 cm³/mol. The quantitative estimate of drug-likeness (QED) is 0.800. The number of carbonyl (C=O) groups excluding carboxylic acids is 1. The fourth-order valence-electron chi connectivity index (χ4n) is 4.55. The lowest BCUT2D eigenvalue weighted by atomic mass is 10.1. The molecule has 0 radical (unpaired) electrons. The van der Waals surface area contributed by atoms with Crippen molar-refractivity contribution in [1.82, 2.24) is 14.1 Å². The van der Waals surface area contributed by atoms with Gasteiger partial charge in [-0.25, -0.2) is 13.2 Å². The number of urea groups is 1. The minimum absolute atomic E-state index is 0.149. The molecule has 2 amide bonds. The molecule has 4 rings (SSSR count). The topological polar surface area (TPSA) is 82.2 Å². The molecule has 3 fully saturated rings. The molecule has 0 spiro atoms. The van der Waals surface area contributed by atoms with Gasteiger partial charge in [0.2, 0.25) is 10.0 Å². The number of amides is 2. The van der Waals surface area contributed by atoms with E-state index >= 15 is 0 Å². The standard InChI is InChI=1S/C20H30N4O4S/c1-2-17-14-22-8-4-6-18(22)15-24(17)20(25)21-16-5-3-7-19(13-16)29(26,27)23-9-11-28-12-10-23/h3,5,7,13,17-18H,2,4,6,8-12,14-15H2,1H3,(H,21,25)/t17-,18-/m0/s1. The lowest BCUT2D eigenvalue weighted by molar-refractivity contribution is 0.0730. The Labute approximate surface area is 172 Å². The van der Waals surface area contributed by atoms with Crippen molar-refractivity contribution >= 4 is 21.7 Å². The average Bonchev–Trinajstić information content (AvgIpc) is 3.21. The van der Waals surface area contributed by atoms with Crippen molar-refractivity contribution < 1.29 is 17.9 Å². The third kappa shape index (κ3) is 4.28. The number of hydrogen-bond acceptors (Lipinski definition) is 5. The highest BCUT2D eigenvalue weighted by Gasteiger charge is 2.37. The molecule has 1 N–H and O–H groups in total. The minimum atomic E-state index is -3.59. The molecule has 160 valence electrons. The van der Waals surface area contributed by atoms with Gasteiger partial charge in [-0.05, 0) is 44.0 Å². The number of carbonyl (C=O) groups is 1. The fraction of sp³-hybridized carbons (Fsp3) is 0.650. The van der Waals surface area contributed by atoms with Crippen LogP contribution in [0.5, 0.6) is 0 Å². The molecule has 3 aliphatic heterocycles. The van der Waals surface area contributed by atoms with Crippen molar-refractivity contribution in [2.75, 3.05) is 51.3 Å². The monoisotopic (exact) mass is 422 g/mol. The van der Waals surface area contributed by atoms with Crippen molar-refractivity contribution in [3.05, 3.63) is 24.3 Å². The van der Waals surface area contributed by atoms with Crippen LogP contribution in [0, 0.1) is 0 Å². The highest BCUT2D eigenvalue weighted by atomic mass is 32.2. The number of anilines is 1. The molecule has 3 heterocycles. The summed E-state index contributed by atoms with van der Waals surface area (Å²) in [4.78, 5) is 17.6. The maximum absolute atomic E-state index is 13.0. The van der Waals surface area contributed by atoms with Crippen LogP contribution in [-0.4, -0.2) is 86.6 Å². The summed E-state index contributed by atoms with van der Waals surface area (Å²) in [7, 11) is -3.59. The Bertz CT molecular complexity index is 841. The Morgan fingerprint density at radius 1 is 1.21 bits per heavy atom. The van der Waals surface area contributed by atoms with E-state index in [1.54, 1.807) is 24.3 Å². The number of nitrogens with zero attached hydrogens (tertiary/aromatic N) is 3. The zero-order valence-electron chi connectivity index (χ0n) is 16.9. The first kappa shape index (κ1) is 20.6. The minimum Gasteiger partial charge on any atom is -0.379 e. The highest BCUT2D eigenvalue weighted by molar-refractivity contribution is 7.89. The SMILES string of the molecule is CC[C@H]1CN2CCC[C@H]2CN1C(=O)Nc1cccc(S(=O)(=O)N2CCOCC2)c1. The van der Waals surface area contributed by atoms with Gasteiger partial charge in [0.05, 0.1) is 18.1 Å². The Morgan fingerprint density at radius 3 is 2.76 bits per heavy atom. The van der Waals surface area contributed by atoms with Crippen molar-refractivity contribution in [2.24, 2.45) is 0 Å². The molecule has 8 nitrogen and oxygen atoms in total. The Balaban J connectivity index is 1.48. The van der Waals surface area contributed by atoms with Crippen molar-refractivity contribution in [3.8, 4) is 0 Å². The molecule has 2 atom stereocenters. The fourth-order valence-corrected chi connectivity index (χ4v) is 6.01. The normalized spacial score (nSPS) is 26.3. The summed E-state index contributed by atoms with van der Waals surface area (Å²) in [6.07, 6.45) is 3.23. The summed E-state index contributed by atoms with van der Waals surface area (Å²) < 4.78 is 32.5. The summed E-state index contributed by atoms with van der Waals surface area (Å²) in [6.45, 7) is 6.39. The lowest BCUT2D eigenvalue weighted by Gasteiger charge is -2.43. The molecule has 3 saturated heterocycles. The smallest absolute Gasteiger partial charge is 0.322 e. The second-order valence-electron chi connectivity index (χ2n) is 7.98. The summed E-state index contributed by atoms with van der Waals surface area (Å²) in [5.74, 6) is 0. The first-order valence-corrected chi connectivity index (χ1v) is 11.9. The van der Waals surface area contributed by atoms with Crippen LogP contribution in [-0.2, 0) is 14.8 Å². The number of ether oxygens (including phenoxy) is 1. The maximum Gasteiger partial charge on any atom is 0.322 e. The summed E-state index contributed by atoms with van der Waals surface area (Å²) in [5, 5.41) is 2.93. The zero-order valence-corrected chi connectivity index (χ0v) is 17.7. The number of fused-ring (bicyclic) bond motifs is 1. The van der Waals surface area contributed by atoms with Gasteiger partial charge in [-0.3, -0.25) is 4.90 Å². The molecule has 0 aliphatic carbocycles. The van der Waals surface area contributed by atoms with Gasteiger partial charge < -0.3 is 15.0 Å². The Morgan fingerprint density at radius 2 is 2.00 bits per heavy atom. The molecule has 29 heavy (non-hydrogen) atoms. The lowest BCUT2D eigenvalue weighted by Crippen LogP contribution is -2.58. The van der Waals surface area contributed by atoms with E-state index in [-0.39, 0.29) is 17.0 Å². The zero-order chi connectivity index (χ0) is 20.4. The number of benzene rings is 1. The molecule has 9 heteroatoms. The van der Waals surface area contributed by atoms with Crippen LogP contribution in [0.2, 0.25) is 0 Å². The van der Waals surface area contributed by atoms with Gasteiger partial charge in [-0.1, -0.05) is 13.0 Å². The predicted octanol–water partition coefficient (Wildman–Crippen LogP) is 1.80. The third-order valence-corrected chi connectivity index (χ3v) is 8.11. The second-order valence-corrected chi connectivity index (χ2v) is 9.92. The van der Waals surface area contributed by atoms with Crippen LogP contribution in [0.25, 0.3) is 0 Å². The van der Waals surface area contributed by atoms with Gasteiger partial charge in [0, 0.05) is 44.0 Å². The molecule has 1 aromatic rings. The molecule has 0 aromatic heterocycles. The van der Waals surface area contributed by atoms with E-state index in [4.69, 9.17) is 4.74 Å². The van der Waals surface area contributed by atoms with Gasteiger partial charge >= 0.3 is 6.03 Å². The molecule has 0 unspecified atom stereocenters. The highest BCUT2D eigenvalue weighted by Crippen LogP contribution is 2.27. The summed E-state index contributed by atoms with van der Waals surface area (Å²) >= 11 is 0. The van der Waals surface area contributed by atoms with Crippen LogP contribution in [0.15, 0.2) is 29.2 Å². The number of piperazine rings is 1. The molecule has 0 bridgehead atoms. The first-order valence-electron chi connectivity index (χ1n) is 10.5. The van der Waals surface area contributed by atoms with E-state index in [1.807, 2.05) is 4.90 Å². The van der Waals surface area contributed by atoms with Gasteiger partial charge in [0.1, 0.15) is 0 Å². The van der Waals surface area contributed by atoms with Crippen LogP contribution < -0.4 is 5.32 Å². The first-order chi connectivity index (χ1) is 14.0. The Kier molecular flexibility index (Phi) is 6.10. The largest absolute Gasteiger partial charge is 0.379 e. The molecule has 0 saturated carbocycles. The molecule has 1 aromatic carbocycles. The van der Waals surface area contributed by atoms with Gasteiger partial charge in [0.15, 0.2) is 0 Å². The van der Waals surface area contributed by atoms with Crippen LogP contribution in [0.3, 0.4) is 0 Å². The second kappa shape index (κ2) is 8.59. The number of morpholine rings is 1. The number of hydrogen-bond donors (Lipinski definition) is 1. The van der Waals surface area contributed by atoms with E-state index in [0.717, 1.165) is 32.5 Å². The average molecular weight is 423 g/mol. The van der Waals surface area contributed by atoms with Gasteiger partial charge in [0.25, 0.3) is 0 Å². The van der Waals surface area contributed by atoms with Crippen LogP contribution in [0.4, 0.5) is 10.5 Å². The molecular formula is C20H30N4O4S. The van der Waals surface area contributed by atoms with Gasteiger partial charge in [-0.15, -0.1) is 0 Å². The van der Waals surface area contributed by atoms with E-state index in [2.05, 4.69) is 17.1 Å². The van der Waals surface area contributed by atoms with Crippen LogP contribution >= 0.6 is 0 Å². The number of sulfonamides is 1.